The Morgan fingerprint density at radius 2 is 1.76 bits per heavy atom. The molecule has 0 spiro atoms. The SMILES string of the molecule is COC(=O)c1ccc(CCNC(=O)CCSc2ccc(Cl)cc2)cc1. The number of hydrogen-bond donors (Lipinski definition) is 1. The van der Waals surface area contributed by atoms with Crippen LogP contribution in [-0.2, 0) is 16.0 Å². The first-order valence-corrected chi connectivity index (χ1v) is 9.27. The fourth-order valence-electron chi connectivity index (χ4n) is 2.15. The van der Waals surface area contributed by atoms with Crippen LogP contribution < -0.4 is 5.32 Å². The normalized spacial score (nSPS) is 10.3. The van der Waals surface area contributed by atoms with Crippen LogP contribution >= 0.6 is 23.4 Å². The number of thioether (sulfide) groups is 1. The third kappa shape index (κ3) is 6.80. The molecule has 0 saturated carbocycles. The molecule has 2 rings (SSSR count). The van der Waals surface area contributed by atoms with Crippen molar-refractivity contribution in [2.45, 2.75) is 17.7 Å². The van der Waals surface area contributed by atoms with Gasteiger partial charge < -0.3 is 10.1 Å². The quantitative estimate of drug-likeness (QED) is 0.558. The molecule has 0 saturated heterocycles. The Kier molecular flexibility index (Phi) is 7.82. The van der Waals surface area contributed by atoms with Crippen molar-refractivity contribution >= 4 is 35.2 Å². The van der Waals surface area contributed by atoms with E-state index in [0.29, 0.717) is 23.6 Å². The van der Waals surface area contributed by atoms with Crippen LogP contribution in [0.15, 0.2) is 53.4 Å². The summed E-state index contributed by atoms with van der Waals surface area (Å²) >= 11 is 7.47. The number of carbonyl (C=O) groups excluding carboxylic acids is 2. The number of nitrogens with one attached hydrogen (secondary N) is 1. The molecule has 0 radical (unpaired) electrons. The van der Waals surface area contributed by atoms with E-state index in [-0.39, 0.29) is 11.9 Å². The summed E-state index contributed by atoms with van der Waals surface area (Å²) in [6.07, 6.45) is 1.19. The zero-order valence-electron chi connectivity index (χ0n) is 14.0. The minimum atomic E-state index is -0.349. The van der Waals surface area contributed by atoms with Crippen LogP contribution in [0.25, 0.3) is 0 Å². The second kappa shape index (κ2) is 10.1. The summed E-state index contributed by atoms with van der Waals surface area (Å²) in [6, 6.07) is 14.8. The predicted molar refractivity (Wildman–Crippen MR) is 101 cm³/mol. The molecule has 0 atom stereocenters. The Morgan fingerprint density at radius 1 is 1.08 bits per heavy atom. The number of halogens is 1. The van der Waals surface area contributed by atoms with Gasteiger partial charge in [-0.15, -0.1) is 11.8 Å². The monoisotopic (exact) mass is 377 g/mol. The van der Waals surface area contributed by atoms with Gasteiger partial charge >= 0.3 is 5.97 Å². The van der Waals surface area contributed by atoms with E-state index in [0.717, 1.165) is 22.6 Å². The van der Waals surface area contributed by atoms with Crippen molar-refractivity contribution in [3.05, 3.63) is 64.7 Å². The van der Waals surface area contributed by atoms with Gasteiger partial charge in [-0.05, 0) is 48.4 Å². The first kappa shape index (κ1) is 19.3. The molecule has 1 amide bonds. The molecule has 4 nitrogen and oxygen atoms in total. The standard InChI is InChI=1S/C19H20ClNO3S/c1-24-19(23)15-4-2-14(3-5-15)10-12-21-18(22)11-13-25-17-8-6-16(20)7-9-17/h2-9H,10-13H2,1H3,(H,21,22). The molecule has 0 unspecified atom stereocenters. The largest absolute Gasteiger partial charge is 0.465 e. The zero-order chi connectivity index (χ0) is 18.1. The molecule has 25 heavy (non-hydrogen) atoms. The molecule has 1 N–H and O–H groups in total. The van der Waals surface area contributed by atoms with E-state index < -0.39 is 0 Å². The molecule has 0 aliphatic carbocycles. The first-order chi connectivity index (χ1) is 12.1. The highest BCUT2D eigenvalue weighted by atomic mass is 35.5. The molecular formula is C19H20ClNO3S. The number of carbonyl (C=O) groups is 2. The van der Waals surface area contributed by atoms with Crippen molar-refractivity contribution in [1.29, 1.82) is 0 Å². The zero-order valence-corrected chi connectivity index (χ0v) is 15.5. The molecule has 0 aliphatic rings. The van der Waals surface area contributed by atoms with Crippen molar-refractivity contribution in [3.8, 4) is 0 Å². The third-order valence-corrected chi connectivity index (χ3v) is 4.79. The topological polar surface area (TPSA) is 55.4 Å². The lowest BCUT2D eigenvalue weighted by molar-refractivity contribution is -0.120. The van der Waals surface area contributed by atoms with Gasteiger partial charge in [0.15, 0.2) is 0 Å². The van der Waals surface area contributed by atoms with Crippen molar-refractivity contribution in [2.75, 3.05) is 19.4 Å². The number of hydrogen-bond acceptors (Lipinski definition) is 4. The van der Waals surface area contributed by atoms with Crippen LogP contribution in [0, 0.1) is 0 Å². The van der Waals surface area contributed by atoms with Crippen molar-refractivity contribution in [1.82, 2.24) is 5.32 Å². The molecule has 0 bridgehead atoms. The van der Waals surface area contributed by atoms with Crippen LogP contribution in [0.4, 0.5) is 0 Å². The molecule has 2 aromatic rings. The van der Waals surface area contributed by atoms with Gasteiger partial charge in [0.25, 0.3) is 0 Å². The Morgan fingerprint density at radius 3 is 2.40 bits per heavy atom. The first-order valence-electron chi connectivity index (χ1n) is 7.91. The van der Waals surface area contributed by atoms with E-state index in [9.17, 15) is 9.59 Å². The molecule has 2 aromatic carbocycles. The van der Waals surface area contributed by atoms with E-state index in [1.807, 2.05) is 36.4 Å². The maximum absolute atomic E-state index is 11.9. The van der Waals surface area contributed by atoms with E-state index in [2.05, 4.69) is 10.1 Å². The van der Waals surface area contributed by atoms with Gasteiger partial charge in [-0.2, -0.15) is 0 Å². The van der Waals surface area contributed by atoms with Gasteiger partial charge in [0.1, 0.15) is 0 Å². The van der Waals surface area contributed by atoms with Crippen LogP contribution in [0.1, 0.15) is 22.3 Å². The van der Waals surface area contributed by atoms with Gasteiger partial charge in [-0.1, -0.05) is 23.7 Å². The van der Waals surface area contributed by atoms with Crippen molar-refractivity contribution in [2.24, 2.45) is 0 Å². The van der Waals surface area contributed by atoms with E-state index >= 15 is 0 Å². The summed E-state index contributed by atoms with van der Waals surface area (Å²) in [4.78, 5) is 24.3. The summed E-state index contributed by atoms with van der Waals surface area (Å²) in [5.74, 6) is 0.409. The van der Waals surface area contributed by atoms with Crippen molar-refractivity contribution in [3.63, 3.8) is 0 Å². The fraction of sp³-hybridized carbons (Fsp3) is 0.263. The number of ether oxygens (including phenoxy) is 1. The summed E-state index contributed by atoms with van der Waals surface area (Å²) in [6.45, 7) is 0.571. The number of esters is 1. The fourth-order valence-corrected chi connectivity index (χ4v) is 3.13. The molecule has 0 aliphatic heterocycles. The number of benzene rings is 2. The van der Waals surface area contributed by atoms with E-state index in [4.69, 9.17) is 11.6 Å². The second-order valence-electron chi connectivity index (χ2n) is 5.34. The Bertz CT molecular complexity index is 702. The maximum atomic E-state index is 11.9. The molecule has 6 heteroatoms. The Balaban J connectivity index is 1.64. The van der Waals surface area contributed by atoms with Gasteiger partial charge in [0.2, 0.25) is 5.91 Å². The lowest BCUT2D eigenvalue weighted by Crippen LogP contribution is -2.25. The van der Waals surface area contributed by atoms with E-state index in [1.54, 1.807) is 23.9 Å². The smallest absolute Gasteiger partial charge is 0.337 e. The summed E-state index contributed by atoms with van der Waals surface area (Å²) < 4.78 is 4.66. The molecule has 0 aromatic heterocycles. The van der Waals surface area contributed by atoms with Gasteiger partial charge in [0.05, 0.1) is 12.7 Å². The average Bonchev–Trinajstić information content (AvgIpc) is 2.63. The number of amides is 1. The second-order valence-corrected chi connectivity index (χ2v) is 6.95. The third-order valence-electron chi connectivity index (χ3n) is 3.52. The van der Waals surface area contributed by atoms with Gasteiger partial charge in [-0.3, -0.25) is 4.79 Å². The van der Waals surface area contributed by atoms with Gasteiger partial charge in [0, 0.05) is 28.6 Å². The minimum Gasteiger partial charge on any atom is -0.465 e. The average molecular weight is 378 g/mol. The number of rotatable bonds is 8. The van der Waals surface area contributed by atoms with Crippen LogP contribution in [-0.4, -0.2) is 31.3 Å². The minimum absolute atomic E-state index is 0.0349. The lowest BCUT2D eigenvalue weighted by atomic mass is 10.1. The predicted octanol–water partition coefficient (Wildman–Crippen LogP) is 3.97. The van der Waals surface area contributed by atoms with Crippen LogP contribution in [0.3, 0.4) is 0 Å². The van der Waals surface area contributed by atoms with Crippen molar-refractivity contribution < 1.29 is 14.3 Å². The maximum Gasteiger partial charge on any atom is 0.337 e. The summed E-state index contributed by atoms with van der Waals surface area (Å²) in [5.41, 5.74) is 1.58. The molecular weight excluding hydrogens is 358 g/mol. The molecule has 0 heterocycles. The molecule has 132 valence electrons. The van der Waals surface area contributed by atoms with E-state index in [1.165, 1.54) is 7.11 Å². The highest BCUT2D eigenvalue weighted by Crippen LogP contribution is 2.20. The lowest BCUT2D eigenvalue weighted by Gasteiger charge is -2.06. The van der Waals surface area contributed by atoms with Crippen LogP contribution in [0.2, 0.25) is 5.02 Å². The van der Waals surface area contributed by atoms with Gasteiger partial charge in [-0.25, -0.2) is 4.79 Å². The van der Waals surface area contributed by atoms with Crippen LogP contribution in [0.5, 0.6) is 0 Å². The highest BCUT2D eigenvalue weighted by molar-refractivity contribution is 7.99. The Labute approximate surface area is 156 Å². The number of methoxy groups -OCH3 is 1. The molecule has 0 fully saturated rings. The highest BCUT2D eigenvalue weighted by Gasteiger charge is 2.05. The summed E-state index contributed by atoms with van der Waals surface area (Å²) in [5, 5.41) is 3.62. The summed E-state index contributed by atoms with van der Waals surface area (Å²) in [7, 11) is 1.36. The Hall–Kier alpha value is -1.98.